The van der Waals surface area contributed by atoms with Gasteiger partial charge in [0.15, 0.2) is 0 Å². The van der Waals surface area contributed by atoms with E-state index in [4.69, 9.17) is 4.74 Å². The number of hydrogen-bond donors (Lipinski definition) is 1. The molecule has 3 atom stereocenters. The van der Waals surface area contributed by atoms with Crippen LogP contribution in [-0.2, 0) is 0 Å². The lowest BCUT2D eigenvalue weighted by Gasteiger charge is -2.26. The zero-order valence-corrected chi connectivity index (χ0v) is 20.6. The van der Waals surface area contributed by atoms with Crippen molar-refractivity contribution in [3.63, 3.8) is 0 Å². The van der Waals surface area contributed by atoms with E-state index in [9.17, 15) is 5.11 Å². The van der Waals surface area contributed by atoms with Crippen LogP contribution in [0, 0.1) is 0 Å². The van der Waals surface area contributed by atoms with Crippen LogP contribution in [0.1, 0.15) is 66.3 Å². The van der Waals surface area contributed by atoms with Crippen molar-refractivity contribution in [2.75, 3.05) is 13.2 Å². The van der Waals surface area contributed by atoms with Gasteiger partial charge in [-0.15, -0.1) is 0 Å². The Morgan fingerprint density at radius 3 is 1.91 bits per heavy atom. The Balaban J connectivity index is 2.26. The van der Waals surface area contributed by atoms with Crippen molar-refractivity contribution in [2.24, 2.45) is 0 Å². The van der Waals surface area contributed by atoms with E-state index in [0.717, 1.165) is 22.4 Å². The molecule has 34 heavy (non-hydrogen) atoms. The molecule has 0 radical (unpaired) electrons. The number of rotatable bonds is 11. The highest BCUT2D eigenvalue weighted by molar-refractivity contribution is 5.55. The highest BCUT2D eigenvalue weighted by atomic mass is 16.5. The van der Waals surface area contributed by atoms with E-state index in [-0.39, 0.29) is 31.0 Å². The minimum Gasteiger partial charge on any atom is -0.491 e. The molecular formula is C32H36O2. The molecule has 0 saturated carbocycles. The molecule has 3 rings (SSSR count). The number of aliphatic hydroxyl groups is 1. The molecule has 2 heteroatoms. The largest absolute Gasteiger partial charge is 0.491 e. The summed E-state index contributed by atoms with van der Waals surface area (Å²) in [6.07, 6.45) is 5.68. The molecule has 3 aromatic carbocycles. The highest BCUT2D eigenvalue weighted by Gasteiger charge is 2.24. The second-order valence-corrected chi connectivity index (χ2v) is 8.69. The van der Waals surface area contributed by atoms with Gasteiger partial charge in [0, 0.05) is 28.9 Å². The van der Waals surface area contributed by atoms with Gasteiger partial charge in [-0.3, -0.25) is 0 Å². The molecule has 2 nitrogen and oxygen atoms in total. The van der Waals surface area contributed by atoms with Gasteiger partial charge in [0.2, 0.25) is 0 Å². The van der Waals surface area contributed by atoms with Crippen LogP contribution in [0.5, 0.6) is 5.75 Å². The summed E-state index contributed by atoms with van der Waals surface area (Å²) in [5, 5.41) is 9.57. The Labute approximate surface area is 204 Å². The van der Waals surface area contributed by atoms with Gasteiger partial charge >= 0.3 is 0 Å². The van der Waals surface area contributed by atoms with Crippen LogP contribution in [0.3, 0.4) is 0 Å². The summed E-state index contributed by atoms with van der Waals surface area (Å²) in [6, 6.07) is 25.6. The van der Waals surface area contributed by atoms with Gasteiger partial charge in [0.25, 0.3) is 0 Å². The minimum absolute atomic E-state index is 0.0358. The van der Waals surface area contributed by atoms with Crippen LogP contribution in [0.15, 0.2) is 110 Å². The second kappa shape index (κ2) is 12.2. The van der Waals surface area contributed by atoms with Crippen molar-refractivity contribution in [1.82, 2.24) is 0 Å². The van der Waals surface area contributed by atoms with E-state index >= 15 is 0 Å². The Morgan fingerprint density at radius 2 is 1.38 bits per heavy atom. The van der Waals surface area contributed by atoms with Gasteiger partial charge < -0.3 is 9.84 Å². The zero-order chi connectivity index (χ0) is 24.5. The zero-order valence-electron chi connectivity index (χ0n) is 20.6. The monoisotopic (exact) mass is 452 g/mol. The molecule has 0 aromatic heterocycles. The summed E-state index contributed by atoms with van der Waals surface area (Å²) in [5.74, 6) is 1.24. The third kappa shape index (κ3) is 5.76. The summed E-state index contributed by atoms with van der Waals surface area (Å²) >= 11 is 0. The summed E-state index contributed by atoms with van der Waals surface area (Å²) in [4.78, 5) is 0. The molecule has 3 unspecified atom stereocenters. The van der Waals surface area contributed by atoms with Gasteiger partial charge in [-0.2, -0.15) is 0 Å². The number of benzene rings is 3. The summed E-state index contributed by atoms with van der Waals surface area (Å²) in [5.41, 5.74) is 7.04. The maximum absolute atomic E-state index is 9.57. The number of aliphatic hydroxyl groups excluding tert-OH is 1. The van der Waals surface area contributed by atoms with Gasteiger partial charge in [-0.25, -0.2) is 0 Å². The van der Waals surface area contributed by atoms with Crippen LogP contribution >= 0.6 is 0 Å². The van der Waals surface area contributed by atoms with Gasteiger partial charge in [0.05, 0.1) is 6.61 Å². The maximum Gasteiger partial charge on any atom is 0.127 e. The Hall–Kier alpha value is -3.36. The van der Waals surface area contributed by atoms with Gasteiger partial charge in [0.1, 0.15) is 12.4 Å². The first kappa shape index (κ1) is 25.3. The molecule has 0 aliphatic rings. The fraction of sp³-hybridized carbons (Fsp3) is 0.250. The van der Waals surface area contributed by atoms with E-state index in [1.165, 1.54) is 16.7 Å². The molecule has 0 amide bonds. The smallest absolute Gasteiger partial charge is 0.127 e. The minimum atomic E-state index is -0.0358. The fourth-order valence-corrected chi connectivity index (χ4v) is 4.47. The number of allylic oxidation sites excluding steroid dienone is 4. The molecule has 1 N–H and O–H groups in total. The quantitative estimate of drug-likeness (QED) is 0.301. The first-order chi connectivity index (χ1) is 16.5. The lowest BCUT2D eigenvalue weighted by atomic mass is 9.81. The molecule has 0 spiro atoms. The Kier molecular flexibility index (Phi) is 9.07. The van der Waals surface area contributed by atoms with Crippen LogP contribution < -0.4 is 4.74 Å². The molecule has 0 fully saturated rings. The molecule has 0 aliphatic carbocycles. The molecule has 0 bridgehead atoms. The summed E-state index contributed by atoms with van der Waals surface area (Å²) < 4.78 is 6.26. The number of ether oxygens (including phenoxy) is 1. The Morgan fingerprint density at radius 1 is 0.824 bits per heavy atom. The third-order valence-electron chi connectivity index (χ3n) is 6.58. The first-order valence-electron chi connectivity index (χ1n) is 12.0. The van der Waals surface area contributed by atoms with Crippen molar-refractivity contribution in [2.45, 2.75) is 38.5 Å². The molecule has 0 aliphatic heterocycles. The van der Waals surface area contributed by atoms with Gasteiger partial charge in [-0.1, -0.05) is 125 Å². The fourth-order valence-electron chi connectivity index (χ4n) is 4.47. The lowest BCUT2D eigenvalue weighted by Crippen LogP contribution is -2.12. The van der Waals surface area contributed by atoms with Crippen molar-refractivity contribution in [1.29, 1.82) is 0 Å². The van der Waals surface area contributed by atoms with Crippen molar-refractivity contribution in [3.05, 3.63) is 138 Å². The lowest BCUT2D eigenvalue weighted by molar-refractivity contribution is 0.198. The van der Waals surface area contributed by atoms with Crippen LogP contribution in [0.25, 0.3) is 0 Å². The van der Waals surface area contributed by atoms with Gasteiger partial charge in [-0.05, 0) is 22.3 Å². The van der Waals surface area contributed by atoms with Crippen molar-refractivity contribution < 1.29 is 9.84 Å². The summed E-state index contributed by atoms with van der Waals surface area (Å²) in [6.45, 7) is 14.8. The average Bonchev–Trinajstić information content (AvgIpc) is 2.89. The maximum atomic E-state index is 9.57. The molecule has 0 saturated heterocycles. The van der Waals surface area contributed by atoms with E-state index in [1.54, 1.807) is 6.08 Å². The van der Waals surface area contributed by atoms with E-state index in [2.05, 4.69) is 101 Å². The summed E-state index contributed by atoms with van der Waals surface area (Å²) in [7, 11) is 0. The normalized spacial score (nSPS) is 14.2. The van der Waals surface area contributed by atoms with Crippen LogP contribution in [0.2, 0.25) is 0 Å². The van der Waals surface area contributed by atoms with E-state index in [0.29, 0.717) is 0 Å². The van der Waals surface area contributed by atoms with E-state index < -0.39 is 0 Å². The van der Waals surface area contributed by atoms with E-state index in [1.807, 2.05) is 18.2 Å². The third-order valence-corrected chi connectivity index (χ3v) is 6.58. The highest BCUT2D eigenvalue weighted by Crippen LogP contribution is 2.43. The van der Waals surface area contributed by atoms with Crippen molar-refractivity contribution >= 4 is 0 Å². The SMILES string of the molecule is C=C/C=C(\C=C)C(C)c1cc(C(C)c2ccccc2)cc(C(C)c2ccccc2)c1OCCO. The molecule has 0 heterocycles. The molecule has 176 valence electrons. The number of hydrogen-bond acceptors (Lipinski definition) is 2. The standard InChI is InChI=1S/C32H36O2/c1-6-14-26(7-2)24(4)30-21-29(23(3)27-15-10-8-11-16-27)22-31(32(30)34-20-19-33)25(5)28-17-12-9-13-18-28/h6-18,21-25,33H,1-2,19-20H2,3-5H3/b26-14+. The predicted molar refractivity (Wildman–Crippen MR) is 144 cm³/mol. The average molecular weight is 453 g/mol. The molecule has 3 aromatic rings. The second-order valence-electron chi connectivity index (χ2n) is 8.69. The van der Waals surface area contributed by atoms with Crippen LogP contribution in [-0.4, -0.2) is 18.3 Å². The predicted octanol–water partition coefficient (Wildman–Crippen LogP) is 7.76. The molecular weight excluding hydrogens is 416 g/mol. The van der Waals surface area contributed by atoms with Crippen molar-refractivity contribution in [3.8, 4) is 5.75 Å². The first-order valence-corrected chi connectivity index (χ1v) is 12.0. The van der Waals surface area contributed by atoms with Crippen LogP contribution in [0.4, 0.5) is 0 Å². The Bertz CT molecular complexity index is 1110. The topological polar surface area (TPSA) is 29.5 Å².